The van der Waals surface area contributed by atoms with Crippen LogP contribution in [0.1, 0.15) is 0 Å². The summed E-state index contributed by atoms with van der Waals surface area (Å²) >= 11 is 0. The Kier molecular flexibility index (Phi) is 5.07. The number of rotatable bonds is 5. The average molecular weight is 403 g/mol. The van der Waals surface area contributed by atoms with Crippen molar-refractivity contribution in [1.82, 2.24) is 0 Å². The summed E-state index contributed by atoms with van der Waals surface area (Å²) in [5.74, 6) is 0. The van der Waals surface area contributed by atoms with E-state index in [0.717, 1.165) is 16.5 Å². The van der Waals surface area contributed by atoms with Crippen molar-refractivity contribution in [1.29, 1.82) is 0 Å². The summed E-state index contributed by atoms with van der Waals surface area (Å²) in [5.41, 5.74) is 2.31. The third-order valence-corrected chi connectivity index (χ3v) is 5.20. The Balaban J connectivity index is 1.79. The first-order chi connectivity index (χ1) is 14.0. The van der Waals surface area contributed by atoms with E-state index < -0.39 is 10.1 Å². The van der Waals surface area contributed by atoms with Gasteiger partial charge < -0.3 is 5.32 Å². The van der Waals surface area contributed by atoms with Crippen molar-refractivity contribution in [3.63, 3.8) is 0 Å². The van der Waals surface area contributed by atoms with Gasteiger partial charge in [0.15, 0.2) is 0 Å². The monoisotopic (exact) mass is 403 g/mol. The summed E-state index contributed by atoms with van der Waals surface area (Å²) < 4.78 is 32.7. The van der Waals surface area contributed by atoms with Crippen LogP contribution in [-0.2, 0) is 10.1 Å². The predicted molar refractivity (Wildman–Crippen MR) is 114 cm³/mol. The second kappa shape index (κ2) is 7.83. The first-order valence-electron chi connectivity index (χ1n) is 8.84. The van der Waals surface area contributed by atoms with E-state index in [0.29, 0.717) is 17.1 Å². The minimum atomic E-state index is -4.36. The Hall–Kier alpha value is -3.55. The topological polar surface area (TPSA) is 91.1 Å². The van der Waals surface area contributed by atoms with Gasteiger partial charge in [0.2, 0.25) is 0 Å². The number of anilines is 2. The first kappa shape index (κ1) is 18.8. The molecule has 7 heteroatoms. The Morgan fingerprint density at radius 2 is 1.45 bits per heavy atom. The fraction of sp³-hybridized carbons (Fsp3) is 0. The van der Waals surface area contributed by atoms with Crippen LogP contribution in [0, 0.1) is 0 Å². The van der Waals surface area contributed by atoms with Crippen molar-refractivity contribution in [2.75, 3.05) is 5.32 Å². The second-order valence-electron chi connectivity index (χ2n) is 6.34. The largest absolute Gasteiger partial charge is 0.353 e. The van der Waals surface area contributed by atoms with E-state index in [1.54, 1.807) is 0 Å². The molecule has 0 saturated heterocycles. The van der Waals surface area contributed by atoms with Gasteiger partial charge in [-0.15, -0.1) is 5.11 Å². The molecule has 4 rings (SSSR count). The summed E-state index contributed by atoms with van der Waals surface area (Å²) in [6, 6.07) is 27.0. The van der Waals surface area contributed by atoms with Crippen LogP contribution in [0.4, 0.5) is 22.7 Å². The van der Waals surface area contributed by atoms with Gasteiger partial charge in [-0.2, -0.15) is 13.5 Å². The molecule has 0 spiro atoms. The van der Waals surface area contributed by atoms with E-state index in [4.69, 9.17) is 0 Å². The van der Waals surface area contributed by atoms with E-state index in [1.807, 2.05) is 72.8 Å². The van der Waals surface area contributed by atoms with Gasteiger partial charge in [-0.3, -0.25) is 4.55 Å². The van der Waals surface area contributed by atoms with Crippen LogP contribution in [0.3, 0.4) is 0 Å². The number of fused-ring (bicyclic) bond motifs is 1. The number of azo groups is 1. The zero-order valence-electron chi connectivity index (χ0n) is 15.2. The molecule has 144 valence electrons. The molecule has 0 saturated carbocycles. The van der Waals surface area contributed by atoms with Crippen LogP contribution in [0.5, 0.6) is 0 Å². The number of hydrogen-bond acceptors (Lipinski definition) is 5. The van der Waals surface area contributed by atoms with Crippen molar-refractivity contribution in [3.05, 3.63) is 91.0 Å². The van der Waals surface area contributed by atoms with E-state index in [-0.39, 0.29) is 4.90 Å². The predicted octanol–water partition coefficient (Wildman–Crippen LogP) is 6.25. The van der Waals surface area contributed by atoms with Crippen LogP contribution in [0.15, 0.2) is 106 Å². The third-order valence-electron chi connectivity index (χ3n) is 4.35. The Labute approximate surface area is 168 Å². The maximum Gasteiger partial charge on any atom is 0.294 e. The van der Waals surface area contributed by atoms with Crippen LogP contribution in [-0.4, -0.2) is 13.0 Å². The lowest BCUT2D eigenvalue weighted by Crippen LogP contribution is -2.00. The zero-order valence-corrected chi connectivity index (χ0v) is 16.0. The summed E-state index contributed by atoms with van der Waals surface area (Å²) in [6.45, 7) is 0. The lowest BCUT2D eigenvalue weighted by molar-refractivity contribution is 0.483. The van der Waals surface area contributed by atoms with Crippen molar-refractivity contribution >= 4 is 43.6 Å². The Morgan fingerprint density at radius 1 is 0.724 bits per heavy atom. The molecule has 6 nitrogen and oxygen atoms in total. The smallest absolute Gasteiger partial charge is 0.294 e. The molecule has 0 atom stereocenters. The van der Waals surface area contributed by atoms with Gasteiger partial charge in [0.25, 0.3) is 10.1 Å². The minimum absolute atomic E-state index is 0.223. The fourth-order valence-electron chi connectivity index (χ4n) is 2.95. The van der Waals surface area contributed by atoms with Gasteiger partial charge in [0.1, 0.15) is 5.69 Å². The minimum Gasteiger partial charge on any atom is -0.353 e. The van der Waals surface area contributed by atoms with E-state index in [2.05, 4.69) is 15.5 Å². The number of nitrogens with one attached hydrogen (secondary N) is 1. The highest BCUT2D eigenvalue weighted by Crippen LogP contribution is 2.34. The van der Waals surface area contributed by atoms with E-state index in [9.17, 15) is 13.0 Å². The van der Waals surface area contributed by atoms with Crippen molar-refractivity contribution in [2.45, 2.75) is 4.90 Å². The normalized spacial score (nSPS) is 11.8. The molecule has 0 heterocycles. The zero-order chi connectivity index (χ0) is 20.3. The van der Waals surface area contributed by atoms with E-state index in [1.165, 1.54) is 18.2 Å². The molecule has 29 heavy (non-hydrogen) atoms. The third kappa shape index (κ3) is 4.31. The molecule has 4 aromatic carbocycles. The second-order valence-corrected chi connectivity index (χ2v) is 7.76. The quantitative estimate of drug-likeness (QED) is 0.304. The molecular formula is C22H17N3O3S. The summed E-state index contributed by atoms with van der Waals surface area (Å²) in [7, 11) is -4.36. The van der Waals surface area contributed by atoms with Crippen LogP contribution < -0.4 is 5.32 Å². The molecule has 0 fully saturated rings. The first-order valence-corrected chi connectivity index (χ1v) is 10.3. The number of nitrogens with zero attached hydrogens (tertiary/aromatic N) is 2. The summed E-state index contributed by atoms with van der Waals surface area (Å²) in [5, 5.41) is 13.7. The van der Waals surface area contributed by atoms with Gasteiger partial charge >= 0.3 is 0 Å². The van der Waals surface area contributed by atoms with Crippen LogP contribution in [0.2, 0.25) is 0 Å². The van der Waals surface area contributed by atoms with E-state index >= 15 is 0 Å². The molecule has 0 amide bonds. The molecule has 0 radical (unpaired) electrons. The van der Waals surface area contributed by atoms with Gasteiger partial charge in [0, 0.05) is 11.1 Å². The highest BCUT2D eigenvalue weighted by atomic mass is 32.2. The maximum absolute atomic E-state index is 11.6. The number of benzene rings is 4. The Morgan fingerprint density at radius 3 is 2.24 bits per heavy atom. The van der Waals surface area contributed by atoms with Crippen LogP contribution in [0.25, 0.3) is 10.8 Å². The molecular weight excluding hydrogens is 386 g/mol. The fourth-order valence-corrected chi connectivity index (χ4v) is 3.46. The molecule has 0 aliphatic carbocycles. The maximum atomic E-state index is 11.6. The highest BCUT2D eigenvalue weighted by molar-refractivity contribution is 7.85. The van der Waals surface area contributed by atoms with Crippen LogP contribution >= 0.6 is 0 Å². The van der Waals surface area contributed by atoms with Gasteiger partial charge in [-0.25, -0.2) is 0 Å². The van der Waals surface area contributed by atoms with Gasteiger partial charge in [-0.05, 0) is 41.8 Å². The molecule has 4 aromatic rings. The van der Waals surface area contributed by atoms with Crippen molar-refractivity contribution in [3.8, 4) is 0 Å². The highest BCUT2D eigenvalue weighted by Gasteiger charge is 2.14. The van der Waals surface area contributed by atoms with Gasteiger partial charge in [0.05, 0.1) is 16.3 Å². The Bertz CT molecular complexity index is 1300. The molecule has 0 aliphatic rings. The molecule has 0 aliphatic heterocycles. The lowest BCUT2D eigenvalue weighted by atomic mass is 10.1. The molecule has 0 unspecified atom stereocenters. The summed E-state index contributed by atoms with van der Waals surface area (Å²) in [4.78, 5) is -0.223. The number of hydrogen-bond donors (Lipinski definition) is 2. The average Bonchev–Trinajstić information content (AvgIpc) is 2.73. The standard InChI is InChI=1S/C22H17N3O3S/c26-29(27,28)18-13-14-21(25-24-17-9-2-1-3-10-17)22(15-18)23-20-12-6-8-16-7-4-5-11-19(16)20/h1-15,23H,(H,26,27,28)/b25-24+. The molecule has 2 N–H and O–H groups in total. The van der Waals surface area contributed by atoms with Crippen molar-refractivity contribution < 1.29 is 13.0 Å². The molecule has 0 bridgehead atoms. The van der Waals surface area contributed by atoms with Crippen molar-refractivity contribution in [2.24, 2.45) is 10.2 Å². The van der Waals surface area contributed by atoms with Gasteiger partial charge in [-0.1, -0.05) is 54.6 Å². The SMILES string of the molecule is O=S(=O)(O)c1ccc(/N=N/c2ccccc2)c(Nc2cccc3ccccc23)c1. The summed E-state index contributed by atoms with van der Waals surface area (Å²) in [6.07, 6.45) is 0. The molecule has 0 aromatic heterocycles. The lowest BCUT2D eigenvalue weighted by Gasteiger charge is -2.12.